The summed E-state index contributed by atoms with van der Waals surface area (Å²) in [5.41, 5.74) is 0.467. The zero-order valence-corrected chi connectivity index (χ0v) is 8.65. The Labute approximate surface area is 71.7 Å². The summed E-state index contributed by atoms with van der Waals surface area (Å²) >= 11 is 0. The molecular formula is C11H22. The fourth-order valence-corrected chi connectivity index (χ4v) is 1.43. The molecule has 1 unspecified atom stereocenters. The highest BCUT2D eigenvalue weighted by Crippen LogP contribution is 2.31. The first kappa shape index (κ1) is 10.7. The maximum atomic E-state index is 2.32. The van der Waals surface area contributed by atoms with E-state index in [-0.39, 0.29) is 0 Å². The van der Waals surface area contributed by atoms with Gasteiger partial charge >= 0.3 is 0 Å². The maximum Gasteiger partial charge on any atom is -0.0317 e. The van der Waals surface area contributed by atoms with Gasteiger partial charge in [0.25, 0.3) is 0 Å². The van der Waals surface area contributed by atoms with Crippen LogP contribution in [-0.4, -0.2) is 0 Å². The topological polar surface area (TPSA) is 0 Å². The smallest absolute Gasteiger partial charge is 0.0317 e. The van der Waals surface area contributed by atoms with E-state index in [1.54, 1.807) is 0 Å². The number of allylic oxidation sites excluding steroid dienone is 2. The second kappa shape index (κ2) is 4.58. The fraction of sp³-hybridized carbons (Fsp3) is 0.818. The Kier molecular flexibility index (Phi) is 4.48. The molecule has 0 heterocycles. The van der Waals surface area contributed by atoms with Crippen molar-refractivity contribution in [2.24, 2.45) is 11.3 Å². The summed E-state index contributed by atoms with van der Waals surface area (Å²) in [6.07, 6.45) is 6.94. The minimum absolute atomic E-state index is 0.467. The lowest BCUT2D eigenvalue weighted by molar-refractivity contribution is 0.235. The van der Waals surface area contributed by atoms with E-state index in [0.29, 0.717) is 5.41 Å². The fourth-order valence-electron chi connectivity index (χ4n) is 1.43. The normalized spacial score (nSPS) is 15.7. The second-order valence-electron chi connectivity index (χ2n) is 4.28. The molecule has 0 bridgehead atoms. The predicted octanol–water partition coefficient (Wildman–Crippen LogP) is 4.02. The van der Waals surface area contributed by atoms with Gasteiger partial charge in [-0.25, -0.2) is 0 Å². The number of rotatable bonds is 3. The zero-order valence-electron chi connectivity index (χ0n) is 8.65. The Hall–Kier alpha value is -0.260. The standard InChI is InChI=1S/C11H22/c1-6-8-9-10(7-2)11(3,4)5/h6,8,10H,7,9H2,1-5H3/b8-6+. The Morgan fingerprint density at radius 3 is 2.09 bits per heavy atom. The SMILES string of the molecule is C/C=C/CC(CC)C(C)(C)C. The molecule has 0 rings (SSSR count). The monoisotopic (exact) mass is 154 g/mol. The van der Waals surface area contributed by atoms with Gasteiger partial charge in [0.05, 0.1) is 0 Å². The van der Waals surface area contributed by atoms with Crippen molar-refractivity contribution in [2.45, 2.75) is 47.5 Å². The van der Waals surface area contributed by atoms with Crippen molar-refractivity contribution in [3.05, 3.63) is 12.2 Å². The van der Waals surface area contributed by atoms with Crippen molar-refractivity contribution in [1.82, 2.24) is 0 Å². The second-order valence-corrected chi connectivity index (χ2v) is 4.28. The molecule has 0 fully saturated rings. The minimum atomic E-state index is 0.467. The van der Waals surface area contributed by atoms with Gasteiger partial charge in [0.15, 0.2) is 0 Å². The van der Waals surface area contributed by atoms with Gasteiger partial charge < -0.3 is 0 Å². The average Bonchev–Trinajstić information content (AvgIpc) is 1.87. The van der Waals surface area contributed by atoms with Crippen molar-refractivity contribution in [3.8, 4) is 0 Å². The van der Waals surface area contributed by atoms with Crippen molar-refractivity contribution < 1.29 is 0 Å². The van der Waals surface area contributed by atoms with Crippen molar-refractivity contribution >= 4 is 0 Å². The lowest BCUT2D eigenvalue weighted by atomic mass is 9.77. The van der Waals surface area contributed by atoms with Crippen molar-refractivity contribution in [2.75, 3.05) is 0 Å². The van der Waals surface area contributed by atoms with Crippen LogP contribution in [0.3, 0.4) is 0 Å². The van der Waals surface area contributed by atoms with Crippen LogP contribution in [0.15, 0.2) is 12.2 Å². The summed E-state index contributed by atoms with van der Waals surface area (Å²) in [6, 6.07) is 0. The first-order valence-electron chi connectivity index (χ1n) is 4.63. The van der Waals surface area contributed by atoms with E-state index in [9.17, 15) is 0 Å². The summed E-state index contributed by atoms with van der Waals surface area (Å²) in [6.45, 7) is 11.3. The Morgan fingerprint density at radius 1 is 1.27 bits per heavy atom. The molecule has 0 aromatic carbocycles. The summed E-state index contributed by atoms with van der Waals surface area (Å²) in [5, 5.41) is 0. The van der Waals surface area contributed by atoms with Gasteiger partial charge in [0, 0.05) is 0 Å². The van der Waals surface area contributed by atoms with Crippen molar-refractivity contribution in [1.29, 1.82) is 0 Å². The molecule has 0 heteroatoms. The predicted molar refractivity (Wildman–Crippen MR) is 52.7 cm³/mol. The molecule has 0 nitrogen and oxygen atoms in total. The Balaban J connectivity index is 3.96. The molecule has 66 valence electrons. The Morgan fingerprint density at radius 2 is 1.82 bits per heavy atom. The van der Waals surface area contributed by atoms with Crippen LogP contribution in [0.5, 0.6) is 0 Å². The summed E-state index contributed by atoms with van der Waals surface area (Å²) < 4.78 is 0. The van der Waals surface area contributed by atoms with Gasteiger partial charge in [-0.3, -0.25) is 0 Å². The average molecular weight is 154 g/mol. The molecular weight excluding hydrogens is 132 g/mol. The van der Waals surface area contributed by atoms with Crippen LogP contribution in [0.1, 0.15) is 47.5 Å². The lowest BCUT2D eigenvalue weighted by Gasteiger charge is -2.28. The van der Waals surface area contributed by atoms with Crippen LogP contribution >= 0.6 is 0 Å². The van der Waals surface area contributed by atoms with Crippen LogP contribution < -0.4 is 0 Å². The van der Waals surface area contributed by atoms with Crippen LogP contribution in [0.2, 0.25) is 0 Å². The van der Waals surface area contributed by atoms with Gasteiger partial charge in [0.1, 0.15) is 0 Å². The summed E-state index contributed by atoms with van der Waals surface area (Å²) in [4.78, 5) is 0. The largest absolute Gasteiger partial charge is 0.0917 e. The molecule has 0 aliphatic carbocycles. The van der Waals surface area contributed by atoms with Gasteiger partial charge in [-0.05, 0) is 24.7 Å². The lowest BCUT2D eigenvalue weighted by Crippen LogP contribution is -2.18. The van der Waals surface area contributed by atoms with E-state index < -0.39 is 0 Å². The van der Waals surface area contributed by atoms with Crippen LogP contribution in [-0.2, 0) is 0 Å². The molecule has 0 aromatic heterocycles. The molecule has 0 aromatic rings. The highest BCUT2D eigenvalue weighted by atomic mass is 14.3. The van der Waals surface area contributed by atoms with Crippen molar-refractivity contribution in [3.63, 3.8) is 0 Å². The number of hydrogen-bond acceptors (Lipinski definition) is 0. The van der Waals surface area contributed by atoms with Crippen LogP contribution in [0.4, 0.5) is 0 Å². The summed E-state index contributed by atoms with van der Waals surface area (Å²) in [7, 11) is 0. The van der Waals surface area contributed by atoms with Gasteiger partial charge in [0.2, 0.25) is 0 Å². The molecule has 0 N–H and O–H groups in total. The van der Waals surface area contributed by atoms with E-state index in [1.165, 1.54) is 12.8 Å². The first-order valence-corrected chi connectivity index (χ1v) is 4.63. The zero-order chi connectivity index (χ0) is 8.91. The van der Waals surface area contributed by atoms with E-state index in [2.05, 4.69) is 46.8 Å². The third-order valence-corrected chi connectivity index (χ3v) is 2.37. The highest BCUT2D eigenvalue weighted by Gasteiger charge is 2.20. The molecule has 1 atom stereocenters. The molecule has 0 aliphatic heterocycles. The van der Waals surface area contributed by atoms with Crippen LogP contribution in [0.25, 0.3) is 0 Å². The van der Waals surface area contributed by atoms with Gasteiger partial charge in [-0.2, -0.15) is 0 Å². The van der Waals surface area contributed by atoms with Gasteiger partial charge in [-0.1, -0.05) is 46.3 Å². The molecule has 0 radical (unpaired) electrons. The summed E-state index contributed by atoms with van der Waals surface area (Å²) in [5.74, 6) is 0.832. The van der Waals surface area contributed by atoms with E-state index in [0.717, 1.165) is 5.92 Å². The third kappa shape index (κ3) is 4.23. The van der Waals surface area contributed by atoms with E-state index >= 15 is 0 Å². The van der Waals surface area contributed by atoms with E-state index in [4.69, 9.17) is 0 Å². The highest BCUT2D eigenvalue weighted by molar-refractivity contribution is 4.84. The maximum absolute atomic E-state index is 2.32. The minimum Gasteiger partial charge on any atom is -0.0917 e. The molecule has 0 saturated carbocycles. The molecule has 0 saturated heterocycles. The van der Waals surface area contributed by atoms with Crippen LogP contribution in [0, 0.1) is 11.3 Å². The molecule has 11 heavy (non-hydrogen) atoms. The Bertz CT molecular complexity index is 114. The number of hydrogen-bond donors (Lipinski definition) is 0. The van der Waals surface area contributed by atoms with E-state index in [1.807, 2.05) is 0 Å². The van der Waals surface area contributed by atoms with Gasteiger partial charge in [-0.15, -0.1) is 0 Å². The molecule has 0 amide bonds. The first-order chi connectivity index (χ1) is 5.02. The quantitative estimate of drug-likeness (QED) is 0.538. The third-order valence-electron chi connectivity index (χ3n) is 2.37. The molecule has 0 spiro atoms. The molecule has 0 aliphatic rings.